The summed E-state index contributed by atoms with van der Waals surface area (Å²) in [6.45, 7) is 0. The molecule has 2 heterocycles. The summed E-state index contributed by atoms with van der Waals surface area (Å²) in [7, 11) is 1.64. The van der Waals surface area contributed by atoms with Crippen LogP contribution in [-0.2, 0) is 7.05 Å². The van der Waals surface area contributed by atoms with Crippen LogP contribution in [0, 0.1) is 6.08 Å². The van der Waals surface area contributed by atoms with E-state index in [0.29, 0.717) is 11.1 Å². The minimum atomic E-state index is -4.77. The number of aromatic nitrogens is 4. The van der Waals surface area contributed by atoms with E-state index in [1.54, 1.807) is 7.05 Å². The third kappa shape index (κ3) is 2.69. The molecule has 22 heavy (non-hydrogen) atoms. The fourth-order valence-electron chi connectivity index (χ4n) is 2.00. The van der Waals surface area contributed by atoms with E-state index in [-0.39, 0.29) is 17.1 Å². The number of fused-ring (bicyclic) bond motifs is 1. The first kappa shape index (κ1) is 14.2. The van der Waals surface area contributed by atoms with Crippen LogP contribution in [0.2, 0.25) is 0 Å². The van der Waals surface area contributed by atoms with E-state index >= 15 is 0 Å². The van der Waals surface area contributed by atoms with Gasteiger partial charge in [-0.2, -0.15) is 14.4 Å². The second-order valence-corrected chi connectivity index (χ2v) is 4.44. The van der Waals surface area contributed by atoms with Gasteiger partial charge in [-0.3, -0.25) is 0 Å². The highest BCUT2D eigenvalue weighted by Gasteiger charge is 2.31. The maximum atomic E-state index is 13.5. The molecular formula is C13H8F4N4O. The zero-order chi connectivity index (χ0) is 15.9. The van der Waals surface area contributed by atoms with Gasteiger partial charge in [0, 0.05) is 12.6 Å². The summed E-state index contributed by atoms with van der Waals surface area (Å²) in [5.74, 6) is -0.372. The number of hydrogen-bond acceptors (Lipinski definition) is 4. The van der Waals surface area contributed by atoms with Crippen molar-refractivity contribution >= 4 is 11.2 Å². The monoisotopic (exact) mass is 312 g/mol. The molecule has 0 spiro atoms. The molecule has 0 fully saturated rings. The van der Waals surface area contributed by atoms with Crippen LogP contribution >= 0.6 is 0 Å². The highest BCUT2D eigenvalue weighted by molar-refractivity contribution is 5.87. The van der Waals surface area contributed by atoms with Gasteiger partial charge in [0.1, 0.15) is 17.0 Å². The molecule has 0 unspecified atom stereocenters. The summed E-state index contributed by atoms with van der Waals surface area (Å²) < 4.78 is 55.2. The summed E-state index contributed by atoms with van der Waals surface area (Å²) in [6.07, 6.45) is -4.26. The second kappa shape index (κ2) is 4.93. The van der Waals surface area contributed by atoms with Crippen molar-refractivity contribution in [3.8, 4) is 17.0 Å². The van der Waals surface area contributed by atoms with Gasteiger partial charge >= 0.3 is 12.4 Å². The Morgan fingerprint density at radius 3 is 2.41 bits per heavy atom. The molecule has 9 heteroatoms. The number of rotatable bonds is 2. The Labute approximate surface area is 121 Å². The highest BCUT2D eigenvalue weighted by atomic mass is 19.4. The van der Waals surface area contributed by atoms with E-state index in [4.69, 9.17) is 0 Å². The number of benzene rings is 1. The molecule has 0 saturated heterocycles. The number of aryl methyl sites for hydroxylation is 1. The molecule has 1 aromatic carbocycles. The summed E-state index contributed by atoms with van der Waals surface area (Å²) >= 11 is 0. The first-order valence-electron chi connectivity index (χ1n) is 6.04. The maximum absolute atomic E-state index is 13.5. The van der Waals surface area contributed by atoms with Crippen molar-refractivity contribution in [3.05, 3.63) is 36.7 Å². The number of alkyl halides is 3. The molecule has 0 saturated carbocycles. The Morgan fingerprint density at radius 2 is 1.77 bits per heavy atom. The molecule has 3 aromatic rings. The van der Waals surface area contributed by atoms with Crippen molar-refractivity contribution in [3.63, 3.8) is 0 Å². The number of halogens is 4. The van der Waals surface area contributed by atoms with Gasteiger partial charge in [-0.05, 0) is 24.3 Å². The minimum Gasteiger partial charge on any atom is -0.406 e. The Hall–Kier alpha value is -2.71. The molecular weight excluding hydrogens is 304 g/mol. The molecule has 0 radical (unpaired) electrons. The van der Waals surface area contributed by atoms with Crippen LogP contribution in [0.25, 0.3) is 22.4 Å². The topological polar surface area (TPSA) is 52.8 Å². The van der Waals surface area contributed by atoms with Gasteiger partial charge < -0.3 is 9.30 Å². The van der Waals surface area contributed by atoms with E-state index in [1.165, 1.54) is 23.0 Å². The van der Waals surface area contributed by atoms with Gasteiger partial charge in [-0.25, -0.2) is 4.98 Å². The zero-order valence-electron chi connectivity index (χ0n) is 11.1. The third-order valence-corrected chi connectivity index (χ3v) is 2.89. The SMILES string of the molecule is Cn1cnc2c(-c3ccc(OC(F)(F)F)cc3)nc(F)nc21. The van der Waals surface area contributed by atoms with Crippen LogP contribution in [0.3, 0.4) is 0 Å². The van der Waals surface area contributed by atoms with Crippen molar-refractivity contribution in [2.75, 3.05) is 0 Å². The molecule has 0 atom stereocenters. The van der Waals surface area contributed by atoms with Gasteiger partial charge in [-0.1, -0.05) is 0 Å². The van der Waals surface area contributed by atoms with Gasteiger partial charge in [0.05, 0.1) is 6.33 Å². The molecule has 5 nitrogen and oxygen atoms in total. The Balaban J connectivity index is 2.04. The lowest BCUT2D eigenvalue weighted by Gasteiger charge is -2.09. The minimum absolute atomic E-state index is 0.196. The quantitative estimate of drug-likeness (QED) is 0.539. The summed E-state index contributed by atoms with van der Waals surface area (Å²) in [5.41, 5.74) is 1.24. The normalized spacial score (nSPS) is 11.9. The first-order valence-corrected chi connectivity index (χ1v) is 6.04. The molecule has 0 aliphatic rings. The predicted octanol–water partition coefficient (Wildman–Crippen LogP) is 3.07. The van der Waals surface area contributed by atoms with Crippen LogP contribution in [0.5, 0.6) is 5.75 Å². The van der Waals surface area contributed by atoms with Gasteiger partial charge in [-0.15, -0.1) is 13.2 Å². The molecule has 0 aliphatic heterocycles. The standard InChI is InChI=1S/C13H8F4N4O/c1-21-6-18-10-9(19-12(14)20-11(10)21)7-2-4-8(5-3-7)22-13(15,16)17/h2-6H,1H3. The van der Waals surface area contributed by atoms with Crippen molar-refractivity contribution < 1.29 is 22.3 Å². The smallest absolute Gasteiger partial charge is 0.406 e. The Kier molecular flexibility index (Phi) is 3.19. The van der Waals surface area contributed by atoms with Crippen LogP contribution in [0.4, 0.5) is 17.6 Å². The molecule has 0 bridgehead atoms. The first-order chi connectivity index (χ1) is 10.3. The van der Waals surface area contributed by atoms with E-state index in [2.05, 4.69) is 19.7 Å². The van der Waals surface area contributed by atoms with Crippen molar-refractivity contribution in [1.82, 2.24) is 19.5 Å². The highest BCUT2D eigenvalue weighted by Crippen LogP contribution is 2.28. The number of hydrogen-bond donors (Lipinski definition) is 0. The number of ether oxygens (including phenoxy) is 1. The zero-order valence-corrected chi connectivity index (χ0v) is 11.1. The molecule has 0 aliphatic carbocycles. The maximum Gasteiger partial charge on any atom is 0.573 e. The average Bonchev–Trinajstić information content (AvgIpc) is 2.79. The van der Waals surface area contributed by atoms with E-state index in [9.17, 15) is 17.6 Å². The van der Waals surface area contributed by atoms with E-state index < -0.39 is 12.4 Å². The number of imidazole rings is 1. The van der Waals surface area contributed by atoms with E-state index in [0.717, 1.165) is 12.1 Å². The van der Waals surface area contributed by atoms with E-state index in [1.807, 2.05) is 0 Å². The molecule has 114 valence electrons. The van der Waals surface area contributed by atoms with Crippen LogP contribution in [0.15, 0.2) is 30.6 Å². The van der Waals surface area contributed by atoms with Crippen molar-refractivity contribution in [2.24, 2.45) is 7.05 Å². The summed E-state index contributed by atoms with van der Waals surface area (Å²) in [4.78, 5) is 11.4. The van der Waals surface area contributed by atoms with Crippen molar-refractivity contribution in [2.45, 2.75) is 6.36 Å². The Morgan fingerprint density at radius 1 is 1.09 bits per heavy atom. The summed E-state index contributed by atoms with van der Waals surface area (Å²) in [6, 6.07) is 4.93. The average molecular weight is 312 g/mol. The van der Waals surface area contributed by atoms with Crippen molar-refractivity contribution in [1.29, 1.82) is 0 Å². The summed E-state index contributed by atoms with van der Waals surface area (Å²) in [5, 5.41) is 0. The number of nitrogens with zero attached hydrogens (tertiary/aromatic N) is 4. The Bertz CT molecular complexity index is 826. The van der Waals surface area contributed by atoms with Crippen LogP contribution in [0.1, 0.15) is 0 Å². The van der Waals surface area contributed by atoms with Gasteiger partial charge in [0.2, 0.25) is 0 Å². The second-order valence-electron chi connectivity index (χ2n) is 4.44. The lowest BCUT2D eigenvalue weighted by atomic mass is 10.1. The van der Waals surface area contributed by atoms with Crippen LogP contribution < -0.4 is 4.74 Å². The lowest BCUT2D eigenvalue weighted by molar-refractivity contribution is -0.274. The largest absolute Gasteiger partial charge is 0.573 e. The third-order valence-electron chi connectivity index (χ3n) is 2.89. The molecule has 3 rings (SSSR count). The molecule has 0 N–H and O–H groups in total. The lowest BCUT2D eigenvalue weighted by Crippen LogP contribution is -2.16. The van der Waals surface area contributed by atoms with Gasteiger partial charge in [0.25, 0.3) is 0 Å². The predicted molar refractivity (Wildman–Crippen MR) is 68.4 cm³/mol. The fraction of sp³-hybridized carbons (Fsp3) is 0.154. The van der Waals surface area contributed by atoms with Gasteiger partial charge in [0.15, 0.2) is 5.65 Å². The van der Waals surface area contributed by atoms with Crippen LogP contribution in [-0.4, -0.2) is 25.9 Å². The fourth-order valence-corrected chi connectivity index (χ4v) is 2.00. The molecule has 0 amide bonds. The molecule has 2 aromatic heterocycles.